The maximum Gasteiger partial charge on any atom is 0.226 e. The Morgan fingerprint density at radius 1 is 1.12 bits per heavy atom. The molecule has 7 heteroatoms. The number of aryl methyl sites for hydroxylation is 1. The monoisotopic (exact) mass is 342 g/mol. The van der Waals surface area contributed by atoms with Crippen LogP contribution in [0.1, 0.15) is 19.4 Å². The number of anilines is 3. The Bertz CT molecular complexity index is 865. The summed E-state index contributed by atoms with van der Waals surface area (Å²) in [5, 5.41) is 7.19. The molecule has 0 radical (unpaired) electrons. The fourth-order valence-electron chi connectivity index (χ4n) is 2.13. The molecule has 0 spiro atoms. The number of fused-ring (bicyclic) bond motifs is 1. The van der Waals surface area contributed by atoms with Gasteiger partial charge in [-0.3, -0.25) is 0 Å². The van der Waals surface area contributed by atoms with Gasteiger partial charge >= 0.3 is 0 Å². The van der Waals surface area contributed by atoms with Crippen molar-refractivity contribution in [3.8, 4) is 0 Å². The van der Waals surface area contributed by atoms with Crippen molar-refractivity contribution in [3.05, 3.63) is 41.2 Å². The van der Waals surface area contributed by atoms with Crippen molar-refractivity contribution in [2.24, 2.45) is 5.92 Å². The van der Waals surface area contributed by atoms with Gasteiger partial charge in [-0.05, 0) is 30.5 Å². The van der Waals surface area contributed by atoms with Crippen molar-refractivity contribution in [2.45, 2.75) is 20.8 Å². The molecular weight excluding hydrogens is 324 g/mol. The van der Waals surface area contributed by atoms with Crippen LogP contribution >= 0.6 is 11.6 Å². The van der Waals surface area contributed by atoms with Crippen molar-refractivity contribution >= 4 is 40.2 Å². The zero-order valence-corrected chi connectivity index (χ0v) is 14.6. The second kappa shape index (κ2) is 6.97. The topological polar surface area (TPSA) is 75.6 Å². The van der Waals surface area contributed by atoms with Crippen LogP contribution in [0, 0.1) is 12.8 Å². The summed E-state index contributed by atoms with van der Waals surface area (Å²) in [6.07, 6.45) is 3.24. The Morgan fingerprint density at radius 3 is 2.67 bits per heavy atom. The van der Waals surface area contributed by atoms with E-state index in [1.54, 1.807) is 12.4 Å². The number of nitrogens with one attached hydrogen (secondary N) is 2. The SMILES string of the molecule is Cc1ccc(Nc2nc(NCC(C)C)nc3nccnc23)cc1Cl. The second-order valence-electron chi connectivity index (χ2n) is 5.99. The maximum atomic E-state index is 6.20. The highest BCUT2D eigenvalue weighted by molar-refractivity contribution is 6.31. The van der Waals surface area contributed by atoms with Gasteiger partial charge in [0.05, 0.1) is 0 Å². The molecular formula is C17H19ClN6. The molecule has 0 bridgehead atoms. The van der Waals surface area contributed by atoms with E-state index in [1.807, 2.05) is 25.1 Å². The van der Waals surface area contributed by atoms with Gasteiger partial charge in [-0.1, -0.05) is 31.5 Å². The summed E-state index contributed by atoms with van der Waals surface area (Å²) < 4.78 is 0. The van der Waals surface area contributed by atoms with Gasteiger partial charge in [0.15, 0.2) is 17.0 Å². The average molecular weight is 343 g/mol. The summed E-state index contributed by atoms with van der Waals surface area (Å²) in [4.78, 5) is 17.6. The van der Waals surface area contributed by atoms with Gasteiger partial charge in [0.25, 0.3) is 0 Å². The van der Waals surface area contributed by atoms with Crippen LogP contribution in [0.15, 0.2) is 30.6 Å². The Labute approximate surface area is 145 Å². The molecule has 0 aliphatic rings. The van der Waals surface area contributed by atoms with Gasteiger partial charge in [-0.25, -0.2) is 9.97 Å². The molecule has 0 aliphatic carbocycles. The van der Waals surface area contributed by atoms with E-state index in [9.17, 15) is 0 Å². The van der Waals surface area contributed by atoms with Crippen LogP contribution in [0.3, 0.4) is 0 Å². The molecule has 0 atom stereocenters. The van der Waals surface area contributed by atoms with Gasteiger partial charge < -0.3 is 10.6 Å². The third-order valence-corrected chi connectivity index (χ3v) is 3.84. The average Bonchev–Trinajstić information content (AvgIpc) is 2.56. The quantitative estimate of drug-likeness (QED) is 0.724. The maximum absolute atomic E-state index is 6.20. The third kappa shape index (κ3) is 3.71. The van der Waals surface area contributed by atoms with E-state index in [4.69, 9.17) is 11.6 Å². The predicted octanol–water partition coefficient (Wildman–Crippen LogP) is 4.19. The molecule has 0 amide bonds. The smallest absolute Gasteiger partial charge is 0.226 e. The van der Waals surface area contributed by atoms with Crippen LogP contribution in [-0.2, 0) is 0 Å². The molecule has 0 unspecified atom stereocenters. The minimum atomic E-state index is 0.485. The van der Waals surface area contributed by atoms with E-state index in [0.717, 1.165) is 17.8 Å². The summed E-state index contributed by atoms with van der Waals surface area (Å²) in [7, 11) is 0. The summed E-state index contributed by atoms with van der Waals surface area (Å²) in [6.45, 7) is 7.00. The molecule has 124 valence electrons. The Kier molecular flexibility index (Phi) is 4.76. The molecule has 2 aromatic heterocycles. The lowest BCUT2D eigenvalue weighted by molar-refractivity contribution is 0.685. The van der Waals surface area contributed by atoms with Gasteiger partial charge in [0, 0.05) is 29.6 Å². The van der Waals surface area contributed by atoms with Crippen molar-refractivity contribution in [3.63, 3.8) is 0 Å². The first-order chi connectivity index (χ1) is 11.5. The summed E-state index contributed by atoms with van der Waals surface area (Å²) in [5.74, 6) is 1.61. The molecule has 0 aliphatic heterocycles. The number of aromatic nitrogens is 4. The molecule has 3 rings (SSSR count). The van der Waals surface area contributed by atoms with E-state index in [0.29, 0.717) is 33.9 Å². The summed E-state index contributed by atoms with van der Waals surface area (Å²) in [5.41, 5.74) is 3.02. The van der Waals surface area contributed by atoms with E-state index < -0.39 is 0 Å². The molecule has 2 heterocycles. The first-order valence-electron chi connectivity index (χ1n) is 7.78. The lowest BCUT2D eigenvalue weighted by atomic mass is 10.2. The first kappa shape index (κ1) is 16.4. The Hall–Kier alpha value is -2.47. The third-order valence-electron chi connectivity index (χ3n) is 3.44. The van der Waals surface area contributed by atoms with Gasteiger partial charge in [-0.15, -0.1) is 0 Å². The molecule has 24 heavy (non-hydrogen) atoms. The largest absolute Gasteiger partial charge is 0.354 e. The molecule has 3 aromatic rings. The normalized spacial score (nSPS) is 11.0. The minimum Gasteiger partial charge on any atom is -0.354 e. The first-order valence-corrected chi connectivity index (χ1v) is 8.16. The zero-order chi connectivity index (χ0) is 17.1. The standard InChI is InChI=1S/C17H19ClN6/c1-10(2)9-21-17-23-15-14(19-6-7-20-15)16(24-17)22-12-5-4-11(3)13(18)8-12/h4-8,10H,9H2,1-3H3,(H2,20,21,22,23,24). The van der Waals surface area contributed by atoms with Crippen LogP contribution in [0.5, 0.6) is 0 Å². The number of rotatable bonds is 5. The fraction of sp³-hybridized carbons (Fsp3) is 0.294. The van der Waals surface area contributed by atoms with Gasteiger partial charge in [-0.2, -0.15) is 9.97 Å². The van der Waals surface area contributed by atoms with E-state index >= 15 is 0 Å². The Morgan fingerprint density at radius 2 is 1.92 bits per heavy atom. The predicted molar refractivity (Wildman–Crippen MR) is 97.9 cm³/mol. The van der Waals surface area contributed by atoms with Crippen molar-refractivity contribution in [1.29, 1.82) is 0 Å². The zero-order valence-electron chi connectivity index (χ0n) is 13.8. The van der Waals surface area contributed by atoms with Gasteiger partial charge in [0.2, 0.25) is 5.95 Å². The van der Waals surface area contributed by atoms with Gasteiger partial charge in [0.1, 0.15) is 0 Å². The highest BCUT2D eigenvalue weighted by Gasteiger charge is 2.11. The number of hydrogen-bond donors (Lipinski definition) is 2. The summed E-state index contributed by atoms with van der Waals surface area (Å²) in [6, 6.07) is 5.77. The van der Waals surface area contributed by atoms with Crippen LogP contribution in [0.25, 0.3) is 11.2 Å². The van der Waals surface area contributed by atoms with Crippen LogP contribution in [0.4, 0.5) is 17.5 Å². The van der Waals surface area contributed by atoms with E-state index in [2.05, 4.69) is 44.4 Å². The molecule has 0 saturated heterocycles. The second-order valence-corrected chi connectivity index (χ2v) is 6.40. The fourth-order valence-corrected chi connectivity index (χ4v) is 2.31. The highest BCUT2D eigenvalue weighted by atomic mass is 35.5. The van der Waals surface area contributed by atoms with E-state index in [1.165, 1.54) is 0 Å². The van der Waals surface area contributed by atoms with E-state index in [-0.39, 0.29) is 0 Å². The Balaban J connectivity index is 1.99. The number of benzene rings is 1. The highest BCUT2D eigenvalue weighted by Crippen LogP contribution is 2.25. The van der Waals surface area contributed by atoms with Crippen molar-refractivity contribution in [2.75, 3.05) is 17.2 Å². The lowest BCUT2D eigenvalue weighted by Crippen LogP contribution is -2.12. The molecule has 0 fully saturated rings. The van der Waals surface area contributed by atoms with Crippen LogP contribution < -0.4 is 10.6 Å². The van der Waals surface area contributed by atoms with Crippen LogP contribution in [0.2, 0.25) is 5.02 Å². The number of nitrogens with zero attached hydrogens (tertiary/aromatic N) is 4. The van der Waals surface area contributed by atoms with Crippen molar-refractivity contribution < 1.29 is 0 Å². The molecule has 6 nitrogen and oxygen atoms in total. The molecule has 0 saturated carbocycles. The summed E-state index contributed by atoms with van der Waals surface area (Å²) >= 11 is 6.20. The number of hydrogen-bond acceptors (Lipinski definition) is 6. The van der Waals surface area contributed by atoms with Crippen LogP contribution in [-0.4, -0.2) is 26.5 Å². The lowest BCUT2D eigenvalue weighted by Gasteiger charge is -2.12. The number of halogens is 1. The molecule has 2 N–H and O–H groups in total. The minimum absolute atomic E-state index is 0.485. The van der Waals surface area contributed by atoms with Crippen molar-refractivity contribution in [1.82, 2.24) is 19.9 Å². The molecule has 1 aromatic carbocycles.